The fraction of sp³-hybridized carbons (Fsp3) is 0.857. The molecule has 124 valence electrons. The Morgan fingerprint density at radius 2 is 0.810 bits per heavy atom. The Balaban J connectivity index is 0. The number of unbranched alkanes of at least 4 members (excludes halogenated alkanes) is 16. The van der Waals surface area contributed by atoms with E-state index in [0.717, 1.165) is 0 Å². The van der Waals surface area contributed by atoms with Crippen LogP contribution in [-0.2, 0) is 0 Å². The smallest absolute Gasteiger partial charge is 0 e. The SMILES string of the molecule is C=CCCCCCCCCCCCCCCCCCC.[C]. The topological polar surface area (TPSA) is 0 Å². The summed E-state index contributed by atoms with van der Waals surface area (Å²) in [6.07, 6.45) is 26.4. The monoisotopic (exact) mass is 292 g/mol. The molecule has 0 amide bonds. The second-order valence-corrected chi connectivity index (χ2v) is 6.38. The highest BCUT2D eigenvalue weighted by Gasteiger charge is 1.94. The number of allylic oxidation sites excluding steroid dienone is 1. The lowest BCUT2D eigenvalue weighted by molar-refractivity contribution is 0.530. The van der Waals surface area contributed by atoms with E-state index in [1.807, 2.05) is 6.08 Å². The van der Waals surface area contributed by atoms with E-state index in [-0.39, 0.29) is 7.43 Å². The van der Waals surface area contributed by atoms with E-state index in [1.165, 1.54) is 109 Å². The standard InChI is InChI=1S/C20H40.C/c1-3-5-7-9-11-13-15-17-19-20-18-16-14-12-10-8-6-4-2;/h3H,1,4-20H2,2H3;. The van der Waals surface area contributed by atoms with E-state index < -0.39 is 0 Å². The van der Waals surface area contributed by atoms with E-state index in [2.05, 4.69) is 13.5 Å². The highest BCUT2D eigenvalue weighted by molar-refractivity contribution is 4.65. The van der Waals surface area contributed by atoms with Gasteiger partial charge in [-0.3, -0.25) is 0 Å². The molecule has 0 spiro atoms. The second-order valence-electron chi connectivity index (χ2n) is 6.38. The quantitative estimate of drug-likeness (QED) is 0.189. The molecule has 0 saturated heterocycles. The predicted molar refractivity (Wildman–Crippen MR) is 97.6 cm³/mol. The molecule has 0 fully saturated rings. The predicted octanol–water partition coefficient (Wildman–Crippen LogP) is 7.91. The van der Waals surface area contributed by atoms with Crippen LogP contribution in [-0.4, -0.2) is 0 Å². The van der Waals surface area contributed by atoms with Gasteiger partial charge in [-0.15, -0.1) is 6.58 Å². The van der Waals surface area contributed by atoms with Crippen LogP contribution in [0.3, 0.4) is 0 Å². The first kappa shape index (κ1) is 23.0. The molecular formula is C21H40. The van der Waals surface area contributed by atoms with Gasteiger partial charge in [0.25, 0.3) is 0 Å². The highest BCUT2D eigenvalue weighted by atomic mass is 14.0. The number of hydrogen-bond acceptors (Lipinski definition) is 0. The average Bonchev–Trinajstić information content (AvgIpc) is 2.47. The molecule has 4 radical (unpaired) electrons. The Labute approximate surface area is 136 Å². The third-order valence-corrected chi connectivity index (χ3v) is 4.26. The molecule has 0 aliphatic carbocycles. The molecule has 0 heterocycles. The van der Waals surface area contributed by atoms with Crippen LogP contribution in [0.5, 0.6) is 0 Å². The van der Waals surface area contributed by atoms with Crippen molar-refractivity contribution in [1.82, 2.24) is 0 Å². The molecule has 0 saturated carbocycles. The summed E-state index contributed by atoms with van der Waals surface area (Å²) in [5, 5.41) is 0. The van der Waals surface area contributed by atoms with E-state index in [1.54, 1.807) is 0 Å². The lowest BCUT2D eigenvalue weighted by Gasteiger charge is -2.03. The third kappa shape index (κ3) is 22.2. The molecule has 0 heteroatoms. The van der Waals surface area contributed by atoms with Crippen molar-refractivity contribution in [2.45, 2.75) is 116 Å². The minimum Gasteiger partial charge on any atom is -0.103 e. The van der Waals surface area contributed by atoms with Gasteiger partial charge in [0.2, 0.25) is 0 Å². The molecule has 0 rings (SSSR count). The van der Waals surface area contributed by atoms with E-state index in [9.17, 15) is 0 Å². The van der Waals surface area contributed by atoms with Crippen molar-refractivity contribution in [1.29, 1.82) is 0 Å². The van der Waals surface area contributed by atoms with Crippen molar-refractivity contribution in [2.75, 3.05) is 0 Å². The summed E-state index contributed by atoms with van der Waals surface area (Å²) in [6.45, 7) is 6.06. The zero-order valence-corrected chi connectivity index (χ0v) is 14.8. The maximum absolute atomic E-state index is 3.77. The Morgan fingerprint density at radius 1 is 0.524 bits per heavy atom. The van der Waals surface area contributed by atoms with Gasteiger partial charge in [-0.05, 0) is 12.8 Å². The number of hydrogen-bond donors (Lipinski definition) is 0. The molecule has 0 aromatic heterocycles. The largest absolute Gasteiger partial charge is 0.103 e. The Kier molecular flexibility index (Phi) is 24.1. The first-order valence-corrected chi connectivity index (χ1v) is 9.52. The summed E-state index contributed by atoms with van der Waals surface area (Å²) in [4.78, 5) is 0. The van der Waals surface area contributed by atoms with Crippen molar-refractivity contribution in [3.8, 4) is 0 Å². The van der Waals surface area contributed by atoms with Gasteiger partial charge in [0.1, 0.15) is 0 Å². The molecule has 0 aliphatic rings. The third-order valence-electron chi connectivity index (χ3n) is 4.26. The first-order valence-electron chi connectivity index (χ1n) is 9.52. The molecule has 0 atom stereocenters. The van der Waals surface area contributed by atoms with Crippen LogP contribution < -0.4 is 0 Å². The molecule has 0 aromatic carbocycles. The van der Waals surface area contributed by atoms with Gasteiger partial charge in [0.15, 0.2) is 0 Å². The van der Waals surface area contributed by atoms with Gasteiger partial charge in [0.05, 0.1) is 0 Å². The van der Waals surface area contributed by atoms with Gasteiger partial charge < -0.3 is 0 Å². The Morgan fingerprint density at radius 3 is 1.10 bits per heavy atom. The van der Waals surface area contributed by atoms with E-state index in [4.69, 9.17) is 0 Å². The van der Waals surface area contributed by atoms with Crippen molar-refractivity contribution >= 4 is 0 Å². The first-order chi connectivity index (χ1) is 9.91. The number of rotatable bonds is 17. The van der Waals surface area contributed by atoms with Crippen molar-refractivity contribution in [3.63, 3.8) is 0 Å². The van der Waals surface area contributed by atoms with Gasteiger partial charge >= 0.3 is 0 Å². The lowest BCUT2D eigenvalue weighted by atomic mass is 10.0. The summed E-state index contributed by atoms with van der Waals surface area (Å²) in [7, 11) is 0. The zero-order chi connectivity index (χ0) is 14.7. The fourth-order valence-electron chi connectivity index (χ4n) is 2.84. The summed E-state index contributed by atoms with van der Waals surface area (Å²) < 4.78 is 0. The van der Waals surface area contributed by atoms with Crippen molar-refractivity contribution < 1.29 is 0 Å². The van der Waals surface area contributed by atoms with Gasteiger partial charge in [-0.25, -0.2) is 0 Å². The van der Waals surface area contributed by atoms with Crippen LogP contribution in [0.2, 0.25) is 0 Å². The summed E-state index contributed by atoms with van der Waals surface area (Å²) in [6, 6.07) is 0. The van der Waals surface area contributed by atoms with Gasteiger partial charge in [0, 0.05) is 7.43 Å². The lowest BCUT2D eigenvalue weighted by Crippen LogP contribution is -1.83. The summed E-state index contributed by atoms with van der Waals surface area (Å²) >= 11 is 0. The normalized spacial score (nSPS) is 10.3. The molecule has 0 nitrogen and oxygen atoms in total. The Bertz CT molecular complexity index is 171. The molecule has 0 N–H and O–H groups in total. The van der Waals surface area contributed by atoms with Crippen LogP contribution in [0.4, 0.5) is 0 Å². The Hall–Kier alpha value is -0.260. The van der Waals surface area contributed by atoms with E-state index >= 15 is 0 Å². The van der Waals surface area contributed by atoms with Crippen molar-refractivity contribution in [3.05, 3.63) is 20.1 Å². The second kappa shape index (κ2) is 22.0. The fourth-order valence-corrected chi connectivity index (χ4v) is 2.84. The summed E-state index contributed by atoms with van der Waals surface area (Å²) in [5.74, 6) is 0. The van der Waals surface area contributed by atoms with Crippen LogP contribution in [0.15, 0.2) is 12.7 Å². The highest BCUT2D eigenvalue weighted by Crippen LogP contribution is 2.13. The van der Waals surface area contributed by atoms with Gasteiger partial charge in [-0.1, -0.05) is 109 Å². The minimum absolute atomic E-state index is 0. The van der Waals surface area contributed by atoms with Crippen LogP contribution in [0.1, 0.15) is 116 Å². The maximum atomic E-state index is 3.77. The zero-order valence-electron chi connectivity index (χ0n) is 14.8. The molecule has 0 bridgehead atoms. The molecule has 0 aliphatic heterocycles. The van der Waals surface area contributed by atoms with E-state index in [0.29, 0.717) is 0 Å². The molecule has 0 unspecified atom stereocenters. The van der Waals surface area contributed by atoms with Crippen molar-refractivity contribution in [2.24, 2.45) is 0 Å². The minimum atomic E-state index is 0. The maximum Gasteiger partial charge on any atom is 0 e. The molecule has 21 heavy (non-hydrogen) atoms. The summed E-state index contributed by atoms with van der Waals surface area (Å²) in [5.41, 5.74) is 0. The molecule has 0 aromatic rings. The van der Waals surface area contributed by atoms with Crippen LogP contribution >= 0.6 is 0 Å². The molecular weight excluding hydrogens is 252 g/mol. The van der Waals surface area contributed by atoms with Crippen LogP contribution in [0.25, 0.3) is 0 Å². The van der Waals surface area contributed by atoms with Crippen LogP contribution in [0, 0.1) is 7.43 Å². The van der Waals surface area contributed by atoms with Gasteiger partial charge in [-0.2, -0.15) is 0 Å². The average molecular weight is 293 g/mol.